The molecule has 0 radical (unpaired) electrons. The molecule has 17 heavy (non-hydrogen) atoms. The van der Waals surface area contributed by atoms with E-state index < -0.39 is 0 Å². The first kappa shape index (κ1) is 9.52. The summed E-state index contributed by atoms with van der Waals surface area (Å²) >= 11 is 0. The van der Waals surface area contributed by atoms with E-state index in [4.69, 9.17) is 5.73 Å². The van der Waals surface area contributed by atoms with Crippen LogP contribution in [0.2, 0.25) is 0 Å². The summed E-state index contributed by atoms with van der Waals surface area (Å²) in [6, 6.07) is 1.27. The Balaban J connectivity index is 1.69. The van der Waals surface area contributed by atoms with Gasteiger partial charge in [0.1, 0.15) is 12.7 Å². The molecule has 1 saturated heterocycles. The number of nitrogens with two attached hydrogens (primary N) is 1. The molecule has 0 bridgehead atoms. The van der Waals surface area contributed by atoms with Crippen LogP contribution in [0.4, 0.5) is 0 Å². The molecule has 4 N–H and O–H groups in total. The number of hydrogen-bond acceptors (Lipinski definition) is 7. The fourth-order valence-corrected chi connectivity index (χ4v) is 3.51. The van der Waals surface area contributed by atoms with Crippen LogP contribution in [0.5, 0.6) is 0 Å². The highest BCUT2D eigenvalue weighted by Gasteiger charge is 2.50. The zero-order valence-electron chi connectivity index (χ0n) is 9.53. The van der Waals surface area contributed by atoms with Gasteiger partial charge in [0.15, 0.2) is 12.3 Å². The van der Waals surface area contributed by atoms with Crippen LogP contribution < -0.4 is 16.6 Å². The summed E-state index contributed by atoms with van der Waals surface area (Å²) in [5.74, 6) is 0. The third-order valence-electron chi connectivity index (χ3n) is 4.32. The largest absolute Gasteiger partial charge is 0.331 e. The van der Waals surface area contributed by atoms with Crippen molar-refractivity contribution in [1.29, 1.82) is 0 Å². The molecule has 4 rings (SSSR count). The minimum atomic E-state index is 0.170. The molecule has 0 aromatic carbocycles. The van der Waals surface area contributed by atoms with Gasteiger partial charge in [-0.2, -0.15) is 10.2 Å². The molecule has 0 amide bonds. The molecular weight excluding hydrogens is 218 g/mol. The molecule has 92 valence electrons. The summed E-state index contributed by atoms with van der Waals surface area (Å²) < 4.78 is 0. The number of fused-ring (bicyclic) bond motifs is 6. The van der Waals surface area contributed by atoms with Crippen molar-refractivity contribution >= 4 is 12.7 Å². The van der Waals surface area contributed by atoms with Gasteiger partial charge in [0.05, 0.1) is 12.1 Å². The number of rotatable bonds is 0. The summed E-state index contributed by atoms with van der Waals surface area (Å²) in [5, 5.41) is 8.39. The number of piperazine rings is 1. The lowest BCUT2D eigenvalue weighted by molar-refractivity contribution is -0.00877. The Hall–Kier alpha value is -1.50. The van der Waals surface area contributed by atoms with Gasteiger partial charge in [0.2, 0.25) is 0 Å². The van der Waals surface area contributed by atoms with Crippen molar-refractivity contribution in [2.24, 2.45) is 15.9 Å². The fourth-order valence-electron chi connectivity index (χ4n) is 3.51. The van der Waals surface area contributed by atoms with Crippen LogP contribution in [-0.4, -0.2) is 52.9 Å². The average Bonchev–Trinajstić information content (AvgIpc) is 2.97. The summed E-state index contributed by atoms with van der Waals surface area (Å²) in [5.41, 5.74) is 12.4. The Morgan fingerprint density at radius 1 is 1.00 bits per heavy atom. The molecule has 3 aliphatic heterocycles. The van der Waals surface area contributed by atoms with E-state index in [2.05, 4.69) is 30.9 Å². The van der Waals surface area contributed by atoms with Crippen molar-refractivity contribution in [1.82, 2.24) is 20.7 Å². The Morgan fingerprint density at radius 3 is 2.35 bits per heavy atom. The second-order valence-electron chi connectivity index (χ2n) is 5.24. The van der Waals surface area contributed by atoms with Gasteiger partial charge in [0, 0.05) is 6.04 Å². The number of hydrazone groups is 2. The SMILES string of the molecule is NC1CCC2C(C1)N1C=NNC1C1NN=CN21. The molecule has 3 heterocycles. The highest BCUT2D eigenvalue weighted by Crippen LogP contribution is 2.34. The summed E-state index contributed by atoms with van der Waals surface area (Å²) in [7, 11) is 0. The maximum absolute atomic E-state index is 6.10. The van der Waals surface area contributed by atoms with E-state index >= 15 is 0 Å². The van der Waals surface area contributed by atoms with Crippen LogP contribution in [0.25, 0.3) is 0 Å². The van der Waals surface area contributed by atoms with E-state index in [-0.39, 0.29) is 12.3 Å². The van der Waals surface area contributed by atoms with Crippen LogP contribution in [0, 0.1) is 0 Å². The van der Waals surface area contributed by atoms with Gasteiger partial charge in [-0.3, -0.25) is 10.9 Å². The highest BCUT2D eigenvalue weighted by atomic mass is 15.6. The maximum Gasteiger partial charge on any atom is 0.157 e. The lowest BCUT2D eigenvalue weighted by atomic mass is 9.83. The van der Waals surface area contributed by atoms with E-state index in [1.807, 2.05) is 12.7 Å². The first-order valence-electron chi connectivity index (χ1n) is 6.22. The quantitative estimate of drug-likeness (QED) is 0.481. The first-order chi connectivity index (χ1) is 8.34. The Labute approximate surface area is 99.7 Å². The standard InChI is InChI=1S/C10H17N7/c11-6-1-2-7-8(3-6)17-5-13-15-10(17)9-14-12-4-16(7)9/h4-10,14-15H,1-3,11H2. The van der Waals surface area contributed by atoms with Gasteiger partial charge < -0.3 is 15.5 Å². The number of nitrogens with zero attached hydrogens (tertiary/aromatic N) is 4. The monoisotopic (exact) mass is 235 g/mol. The van der Waals surface area contributed by atoms with Gasteiger partial charge in [-0.25, -0.2) is 0 Å². The van der Waals surface area contributed by atoms with Gasteiger partial charge in [-0.1, -0.05) is 0 Å². The average molecular weight is 235 g/mol. The minimum absolute atomic E-state index is 0.170. The Bertz CT molecular complexity index is 381. The van der Waals surface area contributed by atoms with E-state index in [1.54, 1.807) is 0 Å². The molecule has 1 saturated carbocycles. The normalized spacial score (nSPS) is 46.1. The number of nitrogens with one attached hydrogen (secondary N) is 2. The topological polar surface area (TPSA) is 81.3 Å². The molecule has 2 fully saturated rings. The van der Waals surface area contributed by atoms with Crippen molar-refractivity contribution < 1.29 is 0 Å². The fraction of sp³-hybridized carbons (Fsp3) is 0.800. The second kappa shape index (κ2) is 3.25. The highest BCUT2D eigenvalue weighted by molar-refractivity contribution is 5.63. The first-order valence-corrected chi connectivity index (χ1v) is 6.22. The third-order valence-corrected chi connectivity index (χ3v) is 4.32. The van der Waals surface area contributed by atoms with Crippen molar-refractivity contribution in [2.75, 3.05) is 0 Å². The predicted molar refractivity (Wildman–Crippen MR) is 63.9 cm³/mol. The molecule has 7 nitrogen and oxygen atoms in total. The maximum atomic E-state index is 6.10. The lowest BCUT2D eigenvalue weighted by Gasteiger charge is -2.52. The van der Waals surface area contributed by atoms with Gasteiger partial charge >= 0.3 is 0 Å². The Kier molecular flexibility index (Phi) is 1.82. The van der Waals surface area contributed by atoms with Crippen LogP contribution in [-0.2, 0) is 0 Å². The van der Waals surface area contributed by atoms with Gasteiger partial charge in [0.25, 0.3) is 0 Å². The molecule has 5 atom stereocenters. The van der Waals surface area contributed by atoms with Crippen LogP contribution >= 0.6 is 0 Å². The molecule has 0 spiro atoms. The zero-order valence-corrected chi connectivity index (χ0v) is 9.53. The molecule has 0 aromatic heterocycles. The summed E-state index contributed by atoms with van der Waals surface area (Å²) in [4.78, 5) is 4.64. The van der Waals surface area contributed by atoms with Gasteiger partial charge in [-0.15, -0.1) is 0 Å². The van der Waals surface area contributed by atoms with E-state index in [0.717, 1.165) is 19.3 Å². The lowest BCUT2D eigenvalue weighted by Crippen LogP contribution is -2.71. The van der Waals surface area contributed by atoms with Crippen molar-refractivity contribution in [2.45, 2.75) is 49.7 Å². The predicted octanol–water partition coefficient (Wildman–Crippen LogP) is -1.40. The number of hydrogen-bond donors (Lipinski definition) is 3. The molecular formula is C10H17N7. The van der Waals surface area contributed by atoms with E-state index in [9.17, 15) is 0 Å². The van der Waals surface area contributed by atoms with E-state index in [1.165, 1.54) is 0 Å². The summed E-state index contributed by atoms with van der Waals surface area (Å²) in [6.45, 7) is 0. The van der Waals surface area contributed by atoms with E-state index in [0.29, 0.717) is 18.1 Å². The van der Waals surface area contributed by atoms with Crippen LogP contribution in [0.1, 0.15) is 19.3 Å². The molecule has 1 aliphatic carbocycles. The molecule has 7 heteroatoms. The zero-order chi connectivity index (χ0) is 11.4. The van der Waals surface area contributed by atoms with Crippen LogP contribution in [0.3, 0.4) is 0 Å². The van der Waals surface area contributed by atoms with Crippen molar-refractivity contribution in [3.63, 3.8) is 0 Å². The molecule has 5 unspecified atom stereocenters. The van der Waals surface area contributed by atoms with Crippen molar-refractivity contribution in [3.8, 4) is 0 Å². The van der Waals surface area contributed by atoms with Crippen LogP contribution in [0.15, 0.2) is 10.2 Å². The molecule has 0 aromatic rings. The van der Waals surface area contributed by atoms with Gasteiger partial charge in [-0.05, 0) is 19.3 Å². The second-order valence-corrected chi connectivity index (χ2v) is 5.24. The third kappa shape index (κ3) is 1.20. The minimum Gasteiger partial charge on any atom is -0.331 e. The smallest absolute Gasteiger partial charge is 0.157 e. The summed E-state index contributed by atoms with van der Waals surface area (Å²) in [6.07, 6.45) is 7.46. The van der Waals surface area contributed by atoms with Crippen molar-refractivity contribution in [3.05, 3.63) is 0 Å². The Morgan fingerprint density at radius 2 is 1.65 bits per heavy atom. The molecule has 4 aliphatic rings.